The van der Waals surface area contributed by atoms with Gasteiger partial charge in [0, 0.05) is 5.69 Å². The summed E-state index contributed by atoms with van der Waals surface area (Å²) >= 11 is 0. The summed E-state index contributed by atoms with van der Waals surface area (Å²) in [6.07, 6.45) is -46.6. The molecule has 226 valence electrons. The molecule has 1 heterocycles. The van der Waals surface area contributed by atoms with E-state index < -0.39 is 76.9 Å². The molecule has 2 N–H and O–H groups in total. The van der Waals surface area contributed by atoms with Crippen LogP contribution in [0, 0.1) is 0 Å². The standard InChI is InChI=1S/C17H6F18N4O/c18-12(19,20)10(13(21,22)23,14(24,25)26)7-37-8(11(15(27,28)29,16(30,31)32)17(33,34)35)39-9(38-7)36-5-1-3-6(40)4-2-5/h1-4,40H,(H,36,37,38,39). The van der Waals surface area contributed by atoms with E-state index >= 15 is 0 Å². The average molecular weight is 624 g/mol. The zero-order valence-corrected chi connectivity index (χ0v) is 17.9. The fourth-order valence-electron chi connectivity index (χ4n) is 3.17. The third-order valence-electron chi connectivity index (χ3n) is 4.98. The van der Waals surface area contributed by atoms with Crippen molar-refractivity contribution < 1.29 is 84.1 Å². The highest BCUT2D eigenvalue weighted by atomic mass is 19.4. The monoisotopic (exact) mass is 624 g/mol. The Hall–Kier alpha value is -3.43. The van der Waals surface area contributed by atoms with Crippen molar-refractivity contribution in [2.75, 3.05) is 5.32 Å². The smallest absolute Gasteiger partial charge is 0.419 e. The van der Waals surface area contributed by atoms with Crippen LogP contribution in [0.1, 0.15) is 11.6 Å². The molecule has 0 unspecified atom stereocenters. The number of phenols is 1. The number of benzene rings is 1. The van der Waals surface area contributed by atoms with Crippen LogP contribution in [0.4, 0.5) is 90.7 Å². The highest BCUT2D eigenvalue weighted by Gasteiger charge is 2.89. The number of anilines is 2. The SMILES string of the molecule is Oc1ccc(Nc2nc(C(C(F)(F)F)(C(F)(F)F)C(F)(F)F)nc(C(C(F)(F)F)(C(F)(F)F)C(F)(F)F)n2)cc1. The zero-order valence-electron chi connectivity index (χ0n) is 17.9. The predicted octanol–water partition coefficient (Wildman–Crippen LogP) is 7.17. The van der Waals surface area contributed by atoms with Gasteiger partial charge >= 0.3 is 47.9 Å². The van der Waals surface area contributed by atoms with Gasteiger partial charge in [-0.1, -0.05) is 0 Å². The van der Waals surface area contributed by atoms with E-state index in [4.69, 9.17) is 5.11 Å². The predicted molar refractivity (Wildman–Crippen MR) is 90.9 cm³/mol. The molecule has 0 aliphatic carbocycles. The Kier molecular flexibility index (Phi) is 7.63. The van der Waals surface area contributed by atoms with Crippen LogP contribution in [-0.2, 0) is 10.8 Å². The van der Waals surface area contributed by atoms with Crippen molar-refractivity contribution in [3.05, 3.63) is 35.9 Å². The molecular weight excluding hydrogens is 618 g/mol. The molecule has 1 aromatic heterocycles. The summed E-state index contributed by atoms with van der Waals surface area (Å²) in [5, 5.41) is 10.4. The fraction of sp³-hybridized carbons (Fsp3) is 0.471. The summed E-state index contributed by atoms with van der Waals surface area (Å²) in [6.45, 7) is 0. The molecule has 0 aliphatic heterocycles. The number of halogens is 18. The molecule has 0 spiro atoms. The summed E-state index contributed by atoms with van der Waals surface area (Å²) < 4.78 is 244. The molecule has 0 bridgehead atoms. The van der Waals surface area contributed by atoms with Gasteiger partial charge in [0.05, 0.1) is 0 Å². The highest BCUT2D eigenvalue weighted by Crippen LogP contribution is 2.62. The van der Waals surface area contributed by atoms with Crippen molar-refractivity contribution in [2.45, 2.75) is 47.9 Å². The number of hydrogen-bond acceptors (Lipinski definition) is 5. The Balaban J connectivity index is 3.26. The third-order valence-corrected chi connectivity index (χ3v) is 4.98. The average Bonchev–Trinajstić information content (AvgIpc) is 2.63. The molecule has 0 atom stereocenters. The molecule has 0 fully saturated rings. The highest BCUT2D eigenvalue weighted by molar-refractivity contribution is 5.55. The number of hydrogen-bond donors (Lipinski definition) is 2. The molecule has 5 nitrogen and oxygen atoms in total. The Labute approximate surface area is 206 Å². The van der Waals surface area contributed by atoms with Gasteiger partial charge in [-0.15, -0.1) is 0 Å². The summed E-state index contributed by atoms with van der Waals surface area (Å²) in [7, 11) is 0. The van der Waals surface area contributed by atoms with Crippen LogP contribution in [0.2, 0.25) is 0 Å². The second-order valence-electron chi connectivity index (χ2n) is 7.46. The topological polar surface area (TPSA) is 70.9 Å². The van der Waals surface area contributed by atoms with E-state index in [0.717, 1.165) is 0 Å². The van der Waals surface area contributed by atoms with Gasteiger partial charge in [-0.3, -0.25) is 0 Å². The Morgan fingerprint density at radius 3 is 0.975 bits per heavy atom. The van der Waals surface area contributed by atoms with Crippen molar-refractivity contribution in [3.63, 3.8) is 0 Å². The second kappa shape index (κ2) is 9.31. The van der Waals surface area contributed by atoms with Crippen LogP contribution >= 0.6 is 0 Å². The first-order valence-electron chi connectivity index (χ1n) is 9.29. The van der Waals surface area contributed by atoms with Crippen molar-refractivity contribution in [1.82, 2.24) is 15.0 Å². The minimum Gasteiger partial charge on any atom is -0.508 e. The lowest BCUT2D eigenvalue weighted by Crippen LogP contribution is -2.66. The molecule has 0 aliphatic rings. The Bertz CT molecular complexity index is 1060. The maximum absolute atomic E-state index is 13.5. The zero-order chi connectivity index (χ0) is 31.5. The number of aromatic hydroxyl groups is 1. The van der Waals surface area contributed by atoms with E-state index in [1.807, 2.05) is 9.97 Å². The van der Waals surface area contributed by atoms with E-state index in [-0.39, 0.29) is 0 Å². The normalized spacial score (nSPS) is 14.8. The molecule has 0 saturated carbocycles. The van der Waals surface area contributed by atoms with Gasteiger partial charge < -0.3 is 10.4 Å². The van der Waals surface area contributed by atoms with E-state index in [1.54, 1.807) is 0 Å². The van der Waals surface area contributed by atoms with Crippen LogP contribution in [0.25, 0.3) is 0 Å². The third kappa shape index (κ3) is 4.97. The minimum atomic E-state index is -7.77. The molecule has 0 saturated heterocycles. The van der Waals surface area contributed by atoms with Gasteiger partial charge in [0.15, 0.2) is 11.6 Å². The van der Waals surface area contributed by atoms with E-state index in [0.29, 0.717) is 24.3 Å². The first-order valence-corrected chi connectivity index (χ1v) is 9.29. The van der Waals surface area contributed by atoms with Crippen LogP contribution in [0.15, 0.2) is 24.3 Å². The molecule has 2 rings (SSSR count). The largest absolute Gasteiger partial charge is 0.508 e. The Morgan fingerprint density at radius 2 is 0.725 bits per heavy atom. The maximum Gasteiger partial charge on any atom is 0.419 e. The van der Waals surface area contributed by atoms with Crippen molar-refractivity contribution in [3.8, 4) is 5.75 Å². The molecule has 1 aromatic carbocycles. The summed E-state index contributed by atoms with van der Waals surface area (Å²) in [4.78, 5) is 5.36. The minimum absolute atomic E-state index is 0.521. The van der Waals surface area contributed by atoms with Gasteiger partial charge in [0.25, 0.3) is 0 Å². The summed E-state index contributed by atoms with van der Waals surface area (Å²) in [6, 6.07) is 2.24. The second-order valence-corrected chi connectivity index (χ2v) is 7.46. The lowest BCUT2D eigenvalue weighted by molar-refractivity contribution is -0.391. The first kappa shape index (κ1) is 32.8. The lowest BCUT2D eigenvalue weighted by Gasteiger charge is -2.39. The van der Waals surface area contributed by atoms with Crippen LogP contribution in [0.5, 0.6) is 5.75 Å². The van der Waals surface area contributed by atoms with Crippen molar-refractivity contribution in [1.29, 1.82) is 0 Å². The van der Waals surface area contributed by atoms with Crippen LogP contribution in [0.3, 0.4) is 0 Å². The fourth-order valence-corrected chi connectivity index (χ4v) is 3.17. The molecule has 2 aromatic rings. The number of rotatable bonds is 4. The van der Waals surface area contributed by atoms with Gasteiger partial charge in [0.2, 0.25) is 5.95 Å². The molecule has 0 amide bonds. The number of nitrogens with one attached hydrogen (secondary N) is 1. The van der Waals surface area contributed by atoms with Gasteiger partial charge in [-0.25, -0.2) is 4.98 Å². The van der Waals surface area contributed by atoms with Crippen molar-refractivity contribution in [2.24, 2.45) is 0 Å². The Morgan fingerprint density at radius 1 is 0.450 bits per heavy atom. The van der Waals surface area contributed by atoms with Gasteiger partial charge in [-0.2, -0.15) is 89.0 Å². The van der Waals surface area contributed by atoms with E-state index in [2.05, 4.69) is 0 Å². The van der Waals surface area contributed by atoms with Gasteiger partial charge in [-0.05, 0) is 24.3 Å². The van der Waals surface area contributed by atoms with Gasteiger partial charge in [0.1, 0.15) is 5.75 Å². The molecule has 23 heteroatoms. The molecule has 40 heavy (non-hydrogen) atoms. The summed E-state index contributed by atoms with van der Waals surface area (Å²) in [5.41, 5.74) is -15.9. The molecular formula is C17H6F18N4O. The first-order chi connectivity index (χ1) is 17.6. The number of aromatic nitrogens is 3. The summed E-state index contributed by atoms with van der Waals surface area (Å²) in [5.74, 6) is -11.2. The van der Waals surface area contributed by atoms with Crippen molar-refractivity contribution >= 4 is 11.6 Å². The lowest BCUT2D eigenvalue weighted by atomic mass is 9.82. The number of phenolic OH excluding ortho intramolecular Hbond substituents is 1. The van der Waals surface area contributed by atoms with E-state index in [1.165, 1.54) is 10.3 Å². The maximum atomic E-state index is 13.5. The van der Waals surface area contributed by atoms with E-state index in [9.17, 15) is 79.0 Å². The van der Waals surface area contributed by atoms with Crippen LogP contribution < -0.4 is 5.32 Å². The number of alkyl halides is 18. The number of nitrogens with zero attached hydrogens (tertiary/aromatic N) is 3. The quantitative estimate of drug-likeness (QED) is 0.279. The molecule has 0 radical (unpaired) electrons. The van der Waals surface area contributed by atoms with Crippen LogP contribution in [-0.4, -0.2) is 57.1 Å².